The van der Waals surface area contributed by atoms with Gasteiger partial charge in [-0.2, -0.15) is 0 Å². The number of aromatic nitrogens is 1. The highest BCUT2D eigenvalue weighted by Gasteiger charge is 2.16. The van der Waals surface area contributed by atoms with Gasteiger partial charge in [0, 0.05) is 18.0 Å². The number of carbonyl (C=O) groups excluding carboxylic acids is 2. The molecule has 104 valence electrons. The molecule has 0 aliphatic rings. The van der Waals surface area contributed by atoms with Crippen LogP contribution in [0.5, 0.6) is 0 Å². The fraction of sp³-hybridized carbons (Fsp3) is 0.214. The molecular weight excluding hydrogens is 258 g/mol. The van der Waals surface area contributed by atoms with Gasteiger partial charge in [-0.3, -0.25) is 14.6 Å². The summed E-state index contributed by atoms with van der Waals surface area (Å²) in [6, 6.07) is 6.05. The number of furan rings is 1. The molecule has 0 aromatic carbocycles. The zero-order valence-corrected chi connectivity index (χ0v) is 11.0. The third-order valence-electron chi connectivity index (χ3n) is 2.70. The van der Waals surface area contributed by atoms with E-state index in [2.05, 4.69) is 15.6 Å². The number of hydrogen-bond acceptors (Lipinski definition) is 4. The molecule has 0 radical (unpaired) electrons. The Morgan fingerprint density at radius 1 is 1.30 bits per heavy atom. The number of rotatable bonds is 5. The van der Waals surface area contributed by atoms with E-state index in [4.69, 9.17) is 4.42 Å². The smallest absolute Gasteiger partial charge is 0.252 e. The van der Waals surface area contributed by atoms with E-state index in [1.807, 2.05) is 0 Å². The van der Waals surface area contributed by atoms with Crippen molar-refractivity contribution >= 4 is 11.8 Å². The van der Waals surface area contributed by atoms with Gasteiger partial charge in [0.15, 0.2) is 0 Å². The molecule has 0 fully saturated rings. The molecule has 0 aliphatic carbocycles. The maximum absolute atomic E-state index is 11.9. The summed E-state index contributed by atoms with van der Waals surface area (Å²) in [6.07, 6.45) is 4.59. The fourth-order valence-corrected chi connectivity index (χ4v) is 1.59. The molecule has 6 heteroatoms. The second kappa shape index (κ2) is 6.51. The second-order valence-electron chi connectivity index (χ2n) is 4.23. The summed E-state index contributed by atoms with van der Waals surface area (Å²) in [5.74, 6) is 0.0721. The van der Waals surface area contributed by atoms with E-state index < -0.39 is 6.04 Å². The minimum absolute atomic E-state index is 0.274. The zero-order valence-electron chi connectivity index (χ0n) is 11.0. The first-order valence-corrected chi connectivity index (χ1v) is 6.18. The van der Waals surface area contributed by atoms with Crippen LogP contribution in [0.2, 0.25) is 0 Å². The van der Waals surface area contributed by atoms with E-state index >= 15 is 0 Å². The Bertz CT molecular complexity index is 567. The van der Waals surface area contributed by atoms with Gasteiger partial charge in [0.2, 0.25) is 5.91 Å². The number of nitrogens with zero attached hydrogens (tertiary/aromatic N) is 1. The Hall–Kier alpha value is -2.63. The molecule has 20 heavy (non-hydrogen) atoms. The quantitative estimate of drug-likeness (QED) is 0.854. The van der Waals surface area contributed by atoms with Crippen molar-refractivity contribution in [1.82, 2.24) is 15.6 Å². The van der Waals surface area contributed by atoms with E-state index in [1.54, 1.807) is 31.2 Å². The van der Waals surface area contributed by atoms with Crippen molar-refractivity contribution in [2.75, 3.05) is 0 Å². The van der Waals surface area contributed by atoms with Crippen molar-refractivity contribution < 1.29 is 14.0 Å². The van der Waals surface area contributed by atoms with Crippen LogP contribution in [0.25, 0.3) is 0 Å². The highest BCUT2D eigenvalue weighted by atomic mass is 16.3. The molecule has 1 atom stereocenters. The van der Waals surface area contributed by atoms with Crippen molar-refractivity contribution in [2.24, 2.45) is 0 Å². The van der Waals surface area contributed by atoms with Crippen molar-refractivity contribution in [3.05, 3.63) is 54.2 Å². The molecule has 2 amide bonds. The van der Waals surface area contributed by atoms with Crippen LogP contribution in [0, 0.1) is 0 Å². The Balaban J connectivity index is 1.83. The SMILES string of the molecule is C[C@H](NC(=O)c1ccncc1)C(=O)NCc1ccco1. The van der Waals surface area contributed by atoms with Crippen LogP contribution in [-0.4, -0.2) is 22.8 Å². The first-order valence-electron chi connectivity index (χ1n) is 6.18. The van der Waals surface area contributed by atoms with Crippen LogP contribution in [0.4, 0.5) is 0 Å². The standard InChI is InChI=1S/C14H15N3O3/c1-10(13(18)16-9-12-3-2-8-20-12)17-14(19)11-4-6-15-7-5-11/h2-8,10H,9H2,1H3,(H,16,18)(H,17,19)/t10-/m0/s1. The van der Waals surface area contributed by atoms with Crippen LogP contribution < -0.4 is 10.6 Å². The topological polar surface area (TPSA) is 84.2 Å². The summed E-state index contributed by atoms with van der Waals surface area (Å²) in [5.41, 5.74) is 0.464. The molecule has 0 bridgehead atoms. The lowest BCUT2D eigenvalue weighted by Gasteiger charge is -2.13. The summed E-state index contributed by atoms with van der Waals surface area (Å²) in [4.78, 5) is 27.5. The van der Waals surface area contributed by atoms with E-state index in [1.165, 1.54) is 18.7 Å². The highest BCUT2D eigenvalue weighted by molar-refractivity contribution is 5.97. The van der Waals surface area contributed by atoms with Crippen LogP contribution >= 0.6 is 0 Å². The minimum Gasteiger partial charge on any atom is -0.467 e. The average Bonchev–Trinajstić information content (AvgIpc) is 2.98. The molecule has 6 nitrogen and oxygen atoms in total. The molecule has 0 spiro atoms. The predicted octanol–water partition coefficient (Wildman–Crippen LogP) is 1.11. The third-order valence-corrected chi connectivity index (χ3v) is 2.70. The van der Waals surface area contributed by atoms with Crippen LogP contribution in [0.3, 0.4) is 0 Å². The van der Waals surface area contributed by atoms with Gasteiger partial charge in [0.05, 0.1) is 12.8 Å². The fourth-order valence-electron chi connectivity index (χ4n) is 1.59. The van der Waals surface area contributed by atoms with Crippen LogP contribution in [-0.2, 0) is 11.3 Å². The van der Waals surface area contributed by atoms with Crippen LogP contribution in [0.15, 0.2) is 47.3 Å². The molecule has 0 saturated heterocycles. The number of nitrogens with one attached hydrogen (secondary N) is 2. The van der Waals surface area contributed by atoms with E-state index in [0.29, 0.717) is 17.9 Å². The average molecular weight is 273 g/mol. The lowest BCUT2D eigenvalue weighted by atomic mass is 10.2. The number of carbonyl (C=O) groups is 2. The lowest BCUT2D eigenvalue weighted by molar-refractivity contribution is -0.122. The Morgan fingerprint density at radius 2 is 2.05 bits per heavy atom. The molecule has 0 unspecified atom stereocenters. The maximum Gasteiger partial charge on any atom is 0.252 e. The molecule has 0 aliphatic heterocycles. The van der Waals surface area contributed by atoms with Gasteiger partial charge in [-0.05, 0) is 31.2 Å². The normalized spacial score (nSPS) is 11.7. The molecule has 2 heterocycles. The minimum atomic E-state index is -0.634. The van der Waals surface area contributed by atoms with Crippen molar-refractivity contribution in [3.63, 3.8) is 0 Å². The number of pyridine rings is 1. The lowest BCUT2D eigenvalue weighted by Crippen LogP contribution is -2.44. The van der Waals surface area contributed by atoms with Gasteiger partial charge in [-0.15, -0.1) is 0 Å². The molecular formula is C14H15N3O3. The van der Waals surface area contributed by atoms with Gasteiger partial charge in [-0.1, -0.05) is 0 Å². The summed E-state index contributed by atoms with van der Waals surface area (Å²) < 4.78 is 5.11. The molecule has 0 saturated carbocycles. The Kier molecular flexibility index (Phi) is 4.49. The number of amides is 2. The number of hydrogen-bond donors (Lipinski definition) is 2. The Morgan fingerprint density at radius 3 is 2.70 bits per heavy atom. The van der Waals surface area contributed by atoms with E-state index in [-0.39, 0.29) is 11.8 Å². The van der Waals surface area contributed by atoms with Gasteiger partial charge in [-0.25, -0.2) is 0 Å². The van der Waals surface area contributed by atoms with Gasteiger partial charge in [0.25, 0.3) is 5.91 Å². The van der Waals surface area contributed by atoms with Gasteiger partial charge < -0.3 is 15.1 Å². The summed E-state index contributed by atoms with van der Waals surface area (Å²) >= 11 is 0. The second-order valence-corrected chi connectivity index (χ2v) is 4.23. The summed E-state index contributed by atoms with van der Waals surface area (Å²) in [5, 5.41) is 5.30. The third kappa shape index (κ3) is 3.68. The van der Waals surface area contributed by atoms with Crippen molar-refractivity contribution in [2.45, 2.75) is 19.5 Å². The van der Waals surface area contributed by atoms with E-state index in [0.717, 1.165) is 0 Å². The molecule has 2 N–H and O–H groups in total. The van der Waals surface area contributed by atoms with Gasteiger partial charge >= 0.3 is 0 Å². The molecule has 2 rings (SSSR count). The van der Waals surface area contributed by atoms with Gasteiger partial charge in [0.1, 0.15) is 11.8 Å². The summed E-state index contributed by atoms with van der Waals surface area (Å²) in [7, 11) is 0. The predicted molar refractivity (Wildman–Crippen MR) is 71.7 cm³/mol. The van der Waals surface area contributed by atoms with Crippen molar-refractivity contribution in [3.8, 4) is 0 Å². The first kappa shape index (κ1) is 13.8. The zero-order chi connectivity index (χ0) is 14.4. The Labute approximate surface area is 116 Å². The highest BCUT2D eigenvalue weighted by Crippen LogP contribution is 2.00. The first-order chi connectivity index (χ1) is 9.66. The largest absolute Gasteiger partial charge is 0.467 e. The van der Waals surface area contributed by atoms with E-state index in [9.17, 15) is 9.59 Å². The molecule has 2 aromatic rings. The summed E-state index contributed by atoms with van der Waals surface area (Å²) in [6.45, 7) is 1.91. The monoisotopic (exact) mass is 273 g/mol. The maximum atomic E-state index is 11.9. The van der Waals surface area contributed by atoms with Crippen molar-refractivity contribution in [1.29, 1.82) is 0 Å². The van der Waals surface area contributed by atoms with Crippen LogP contribution in [0.1, 0.15) is 23.0 Å². The molecule has 2 aromatic heterocycles.